The number of hydrogen-bond donors (Lipinski definition) is 2. The number of carboxylic acid groups (broad SMARTS) is 1. The largest absolute Gasteiger partial charge is 0.476 e. The monoisotopic (exact) mass is 321 g/mol. The maximum absolute atomic E-state index is 12.3. The van der Waals surface area contributed by atoms with E-state index in [4.69, 9.17) is 5.11 Å². The Morgan fingerprint density at radius 1 is 1.55 bits per heavy atom. The fraction of sp³-hybridized carbons (Fsp3) is 0.500. The van der Waals surface area contributed by atoms with Crippen LogP contribution in [0, 0.1) is 5.92 Å². The van der Waals surface area contributed by atoms with Crippen LogP contribution in [0.1, 0.15) is 17.4 Å². The van der Waals surface area contributed by atoms with Gasteiger partial charge in [0.2, 0.25) is 5.91 Å². The molecular weight excluding hydrogens is 306 g/mol. The third kappa shape index (κ3) is 3.32. The number of aromatic carboxylic acids is 1. The van der Waals surface area contributed by atoms with Gasteiger partial charge in [0.1, 0.15) is 0 Å². The van der Waals surface area contributed by atoms with Crippen LogP contribution in [0.15, 0.2) is 9.72 Å². The van der Waals surface area contributed by atoms with E-state index in [1.807, 2.05) is 0 Å². The van der Waals surface area contributed by atoms with E-state index >= 15 is 0 Å². The molecule has 0 bridgehead atoms. The van der Waals surface area contributed by atoms with Crippen LogP contribution in [0.5, 0.6) is 0 Å². The zero-order chi connectivity index (χ0) is 15.5. The van der Waals surface area contributed by atoms with Gasteiger partial charge in [-0.25, -0.2) is 18.2 Å². The fourth-order valence-electron chi connectivity index (χ4n) is 1.52. The van der Waals surface area contributed by atoms with Gasteiger partial charge in [-0.3, -0.25) is 4.79 Å². The number of hydrogen-bond acceptors (Lipinski definition) is 6. The van der Waals surface area contributed by atoms with Gasteiger partial charge in [0.25, 0.3) is 10.0 Å². The van der Waals surface area contributed by atoms with E-state index in [9.17, 15) is 18.0 Å². The molecule has 1 heterocycles. The average molecular weight is 321 g/mol. The quantitative estimate of drug-likeness (QED) is 0.752. The Hall–Kier alpha value is -1.52. The molecule has 8 nitrogen and oxygen atoms in total. The predicted molar refractivity (Wildman–Crippen MR) is 72.1 cm³/mol. The minimum absolute atomic E-state index is 0.0566. The number of nitrogens with zero attached hydrogens (tertiary/aromatic N) is 2. The predicted octanol–water partition coefficient (Wildman–Crippen LogP) is -0.156. The Morgan fingerprint density at radius 3 is 2.65 bits per heavy atom. The molecular formula is C10H15N3O5S2. The topological polar surface area (TPSA) is 117 Å². The Labute approximate surface area is 120 Å². The van der Waals surface area contributed by atoms with Crippen LogP contribution in [0.2, 0.25) is 0 Å². The maximum Gasteiger partial charge on any atom is 0.356 e. The van der Waals surface area contributed by atoms with Gasteiger partial charge >= 0.3 is 5.97 Å². The third-order valence-electron chi connectivity index (χ3n) is 2.61. The van der Waals surface area contributed by atoms with Crippen molar-refractivity contribution in [2.45, 2.75) is 11.1 Å². The van der Waals surface area contributed by atoms with Crippen molar-refractivity contribution in [3.8, 4) is 0 Å². The molecule has 20 heavy (non-hydrogen) atoms. The van der Waals surface area contributed by atoms with E-state index in [0.717, 1.165) is 21.2 Å². The average Bonchev–Trinajstić information content (AvgIpc) is 2.87. The lowest BCUT2D eigenvalue weighted by Gasteiger charge is -2.19. The van der Waals surface area contributed by atoms with Crippen molar-refractivity contribution in [1.29, 1.82) is 0 Å². The first-order chi connectivity index (χ1) is 9.21. The number of amides is 1. The Kier molecular flexibility index (Phi) is 5.20. The van der Waals surface area contributed by atoms with Gasteiger partial charge in [0.05, 0.1) is 5.51 Å². The molecule has 1 rings (SSSR count). The summed E-state index contributed by atoms with van der Waals surface area (Å²) < 4.78 is 25.1. The lowest BCUT2D eigenvalue weighted by molar-refractivity contribution is -0.124. The van der Waals surface area contributed by atoms with Gasteiger partial charge in [-0.2, -0.15) is 4.31 Å². The molecule has 0 spiro atoms. The highest BCUT2D eigenvalue weighted by Crippen LogP contribution is 2.23. The van der Waals surface area contributed by atoms with Crippen molar-refractivity contribution in [2.24, 2.45) is 5.92 Å². The van der Waals surface area contributed by atoms with Gasteiger partial charge in [-0.15, -0.1) is 11.3 Å². The minimum Gasteiger partial charge on any atom is -0.476 e. The standard InChI is InChI=1S/C10H15N3O5S2/c1-6(8(14)11-2)4-13(3)20(17,18)10-7(9(15)16)12-5-19-10/h5-6H,4H2,1-3H3,(H,11,14)(H,15,16). The zero-order valence-corrected chi connectivity index (χ0v) is 12.8. The summed E-state index contributed by atoms with van der Waals surface area (Å²) in [4.78, 5) is 25.9. The summed E-state index contributed by atoms with van der Waals surface area (Å²) in [5.74, 6) is -2.26. The van der Waals surface area contributed by atoms with Crippen molar-refractivity contribution in [3.63, 3.8) is 0 Å². The molecule has 1 atom stereocenters. The van der Waals surface area contributed by atoms with Crippen molar-refractivity contribution < 1.29 is 23.1 Å². The number of thiazole rings is 1. The zero-order valence-electron chi connectivity index (χ0n) is 11.2. The van der Waals surface area contributed by atoms with Gasteiger partial charge in [0.15, 0.2) is 9.90 Å². The van der Waals surface area contributed by atoms with E-state index in [0.29, 0.717) is 0 Å². The van der Waals surface area contributed by atoms with E-state index in [-0.39, 0.29) is 16.7 Å². The Bertz CT molecular complexity index is 610. The molecule has 0 aliphatic heterocycles. The SMILES string of the molecule is CNC(=O)C(C)CN(C)S(=O)(=O)c1scnc1C(=O)O. The first-order valence-electron chi connectivity index (χ1n) is 5.56. The molecule has 1 aromatic heterocycles. The molecule has 1 unspecified atom stereocenters. The first-order valence-corrected chi connectivity index (χ1v) is 7.88. The Morgan fingerprint density at radius 2 is 2.15 bits per heavy atom. The van der Waals surface area contributed by atoms with Crippen LogP contribution in [-0.4, -0.2) is 55.3 Å². The molecule has 10 heteroatoms. The van der Waals surface area contributed by atoms with E-state index in [1.54, 1.807) is 6.92 Å². The smallest absolute Gasteiger partial charge is 0.356 e. The van der Waals surface area contributed by atoms with Gasteiger partial charge in [0, 0.05) is 26.6 Å². The lowest BCUT2D eigenvalue weighted by Crippen LogP contribution is -2.37. The molecule has 0 saturated heterocycles. The number of nitrogens with one attached hydrogen (secondary N) is 1. The molecule has 0 saturated carbocycles. The van der Waals surface area contributed by atoms with E-state index in [1.165, 1.54) is 14.1 Å². The van der Waals surface area contributed by atoms with Crippen LogP contribution in [-0.2, 0) is 14.8 Å². The number of rotatable bonds is 6. The number of carboxylic acids is 1. The highest BCUT2D eigenvalue weighted by molar-refractivity contribution is 7.91. The van der Waals surface area contributed by atoms with E-state index in [2.05, 4.69) is 10.3 Å². The van der Waals surface area contributed by atoms with Gasteiger partial charge < -0.3 is 10.4 Å². The van der Waals surface area contributed by atoms with Crippen molar-refractivity contribution >= 4 is 33.2 Å². The molecule has 0 radical (unpaired) electrons. The van der Waals surface area contributed by atoms with Crippen molar-refractivity contribution in [3.05, 3.63) is 11.2 Å². The van der Waals surface area contributed by atoms with Crippen LogP contribution in [0.3, 0.4) is 0 Å². The maximum atomic E-state index is 12.3. The highest BCUT2D eigenvalue weighted by atomic mass is 32.2. The fourth-order valence-corrected chi connectivity index (χ4v) is 4.11. The summed E-state index contributed by atoms with van der Waals surface area (Å²) in [5.41, 5.74) is 0.654. The van der Waals surface area contributed by atoms with Crippen molar-refractivity contribution in [2.75, 3.05) is 20.6 Å². The summed E-state index contributed by atoms with van der Waals surface area (Å²) >= 11 is 0.732. The van der Waals surface area contributed by atoms with E-state index < -0.39 is 27.6 Å². The van der Waals surface area contributed by atoms with Gasteiger partial charge in [-0.1, -0.05) is 6.92 Å². The molecule has 2 N–H and O–H groups in total. The minimum atomic E-state index is -3.98. The second-order valence-electron chi connectivity index (χ2n) is 4.09. The molecule has 1 aromatic rings. The van der Waals surface area contributed by atoms with Crippen molar-refractivity contribution in [1.82, 2.24) is 14.6 Å². The van der Waals surface area contributed by atoms with Crippen LogP contribution >= 0.6 is 11.3 Å². The summed E-state index contributed by atoms with van der Waals surface area (Å²) in [5, 5.41) is 11.3. The number of sulfonamides is 1. The van der Waals surface area contributed by atoms with Crippen LogP contribution < -0.4 is 5.32 Å². The molecule has 0 fully saturated rings. The normalized spacial score (nSPS) is 13.2. The first kappa shape index (κ1) is 16.5. The number of carbonyl (C=O) groups excluding carboxylic acids is 1. The molecule has 1 amide bonds. The molecule has 0 aliphatic rings. The van der Waals surface area contributed by atoms with Crippen LogP contribution in [0.4, 0.5) is 0 Å². The molecule has 0 aromatic carbocycles. The molecule has 0 aliphatic carbocycles. The summed E-state index contributed by atoms with van der Waals surface area (Å²) in [7, 11) is -1.23. The van der Waals surface area contributed by atoms with Crippen LogP contribution in [0.25, 0.3) is 0 Å². The number of carbonyl (C=O) groups is 2. The summed E-state index contributed by atoms with van der Waals surface area (Å²) in [6, 6.07) is 0. The summed E-state index contributed by atoms with van der Waals surface area (Å²) in [6.45, 7) is 1.52. The lowest BCUT2D eigenvalue weighted by atomic mass is 10.2. The highest BCUT2D eigenvalue weighted by Gasteiger charge is 2.31. The number of aromatic nitrogens is 1. The molecule has 112 valence electrons. The summed E-state index contributed by atoms with van der Waals surface area (Å²) in [6.07, 6.45) is 0. The van der Waals surface area contributed by atoms with Gasteiger partial charge in [-0.05, 0) is 0 Å². The third-order valence-corrected chi connectivity index (χ3v) is 5.78. The second-order valence-corrected chi connectivity index (χ2v) is 7.19. The Balaban J connectivity index is 3.01. The second kappa shape index (κ2) is 6.29.